The van der Waals surface area contributed by atoms with E-state index in [0.717, 1.165) is 36.5 Å². The minimum atomic E-state index is 0. The van der Waals surface area contributed by atoms with Gasteiger partial charge in [0.1, 0.15) is 12.4 Å². The number of hydrogen-bond donors (Lipinski definition) is 1. The van der Waals surface area contributed by atoms with Gasteiger partial charge in [-0.25, -0.2) is 0 Å². The van der Waals surface area contributed by atoms with Crippen LogP contribution in [0.2, 0.25) is 0 Å². The van der Waals surface area contributed by atoms with E-state index in [-0.39, 0.29) is 24.4 Å². The van der Waals surface area contributed by atoms with E-state index < -0.39 is 0 Å². The quantitative estimate of drug-likeness (QED) is 0.631. The van der Waals surface area contributed by atoms with E-state index in [1.807, 2.05) is 60.7 Å². The second-order valence-electron chi connectivity index (χ2n) is 8.19. The van der Waals surface area contributed by atoms with Gasteiger partial charge in [0.15, 0.2) is 0 Å². The third-order valence-electron chi connectivity index (χ3n) is 6.32. The van der Waals surface area contributed by atoms with E-state index in [1.165, 1.54) is 5.56 Å². The van der Waals surface area contributed by atoms with Crippen molar-refractivity contribution in [1.29, 1.82) is 0 Å². The molecule has 3 atom stereocenters. The summed E-state index contributed by atoms with van der Waals surface area (Å²) >= 11 is 0. The first-order chi connectivity index (χ1) is 14.8. The van der Waals surface area contributed by atoms with E-state index >= 15 is 0 Å². The van der Waals surface area contributed by atoms with Gasteiger partial charge in [-0.1, -0.05) is 60.7 Å². The molecule has 2 heterocycles. The highest BCUT2D eigenvalue weighted by atomic mass is 35.5. The number of ether oxygens (including phenoxy) is 1. The van der Waals surface area contributed by atoms with Gasteiger partial charge in [-0.3, -0.25) is 4.79 Å². The number of hydrogen-bond acceptors (Lipinski definition) is 3. The van der Waals surface area contributed by atoms with Crippen LogP contribution in [0.1, 0.15) is 27.5 Å². The normalized spacial score (nSPS) is 21.9. The Morgan fingerprint density at radius 3 is 2.29 bits per heavy atom. The molecule has 3 aromatic carbocycles. The van der Waals surface area contributed by atoms with Crippen LogP contribution in [0.5, 0.6) is 5.75 Å². The van der Waals surface area contributed by atoms with Crippen molar-refractivity contribution in [3.8, 4) is 5.75 Å². The van der Waals surface area contributed by atoms with Crippen molar-refractivity contribution in [3.63, 3.8) is 0 Å². The molecular formula is C26H27ClN2O2. The Morgan fingerprint density at radius 2 is 1.58 bits per heavy atom. The molecule has 2 aliphatic rings. The van der Waals surface area contributed by atoms with Crippen molar-refractivity contribution < 1.29 is 9.53 Å². The Hall–Kier alpha value is -2.82. The number of halogens is 1. The highest BCUT2D eigenvalue weighted by Gasteiger charge is 2.46. The summed E-state index contributed by atoms with van der Waals surface area (Å²) in [4.78, 5) is 15.5. The molecule has 1 N–H and O–H groups in total. The van der Waals surface area contributed by atoms with Gasteiger partial charge < -0.3 is 15.0 Å². The zero-order valence-electron chi connectivity index (χ0n) is 17.3. The van der Waals surface area contributed by atoms with Crippen LogP contribution < -0.4 is 10.1 Å². The van der Waals surface area contributed by atoms with Gasteiger partial charge in [-0.2, -0.15) is 0 Å². The van der Waals surface area contributed by atoms with Crippen LogP contribution in [0.25, 0.3) is 0 Å². The first-order valence-corrected chi connectivity index (χ1v) is 10.6. The molecule has 0 unspecified atom stereocenters. The molecular weight excluding hydrogens is 408 g/mol. The molecule has 1 amide bonds. The molecule has 5 heteroatoms. The third kappa shape index (κ3) is 4.46. The minimum Gasteiger partial charge on any atom is -0.489 e. The lowest BCUT2D eigenvalue weighted by molar-refractivity contribution is 0.0714. The predicted molar refractivity (Wildman–Crippen MR) is 125 cm³/mol. The summed E-state index contributed by atoms with van der Waals surface area (Å²) in [6.07, 6.45) is 0. The van der Waals surface area contributed by atoms with Crippen molar-refractivity contribution in [2.45, 2.75) is 12.6 Å². The zero-order valence-corrected chi connectivity index (χ0v) is 18.1. The smallest absolute Gasteiger partial charge is 0.254 e. The van der Waals surface area contributed by atoms with Gasteiger partial charge in [0, 0.05) is 31.1 Å². The van der Waals surface area contributed by atoms with E-state index in [4.69, 9.17) is 4.74 Å². The predicted octanol–water partition coefficient (Wildman–Crippen LogP) is 4.72. The molecule has 3 aromatic rings. The van der Waals surface area contributed by atoms with Gasteiger partial charge in [0.2, 0.25) is 0 Å². The Morgan fingerprint density at radius 1 is 0.903 bits per heavy atom. The standard InChI is InChI=1S/C26H26N2O2.ClH/c29-26(21-13-11-19(12-14-21)18-30-23-9-5-2-6-10-23)28-17-22-15-27-16-24(22)25(28)20-7-3-1-4-8-20;/h1-14,22,24-25,27H,15-18H2;1H/t22-,24-,25+;/m0./s1. The number of carbonyl (C=O) groups is 1. The summed E-state index contributed by atoms with van der Waals surface area (Å²) < 4.78 is 5.82. The molecule has 0 radical (unpaired) electrons. The summed E-state index contributed by atoms with van der Waals surface area (Å²) in [5, 5.41) is 3.51. The lowest BCUT2D eigenvalue weighted by atomic mass is 9.89. The van der Waals surface area contributed by atoms with Crippen LogP contribution in [0.3, 0.4) is 0 Å². The van der Waals surface area contributed by atoms with Crippen LogP contribution in [-0.4, -0.2) is 30.4 Å². The highest BCUT2D eigenvalue weighted by molar-refractivity contribution is 5.94. The Bertz CT molecular complexity index is 995. The summed E-state index contributed by atoms with van der Waals surface area (Å²) in [5.41, 5.74) is 3.03. The van der Waals surface area contributed by atoms with Crippen LogP contribution in [-0.2, 0) is 6.61 Å². The Labute approximate surface area is 189 Å². The summed E-state index contributed by atoms with van der Waals surface area (Å²) in [6.45, 7) is 3.27. The molecule has 2 aliphatic heterocycles. The first kappa shape index (κ1) is 21.4. The fourth-order valence-corrected chi connectivity index (χ4v) is 4.80. The average Bonchev–Trinajstić information content (AvgIpc) is 3.40. The van der Waals surface area contributed by atoms with Gasteiger partial charge in [0.05, 0.1) is 6.04 Å². The largest absolute Gasteiger partial charge is 0.489 e. The van der Waals surface area contributed by atoms with Gasteiger partial charge in [0.25, 0.3) is 5.91 Å². The molecule has 0 saturated carbocycles. The number of carbonyl (C=O) groups excluding carboxylic acids is 1. The second-order valence-corrected chi connectivity index (χ2v) is 8.19. The molecule has 0 aromatic heterocycles. The molecule has 31 heavy (non-hydrogen) atoms. The second kappa shape index (κ2) is 9.54. The molecule has 160 valence electrons. The van der Waals surface area contributed by atoms with Crippen molar-refractivity contribution >= 4 is 18.3 Å². The average molecular weight is 435 g/mol. The van der Waals surface area contributed by atoms with E-state index in [9.17, 15) is 4.79 Å². The van der Waals surface area contributed by atoms with Crippen molar-refractivity contribution in [2.24, 2.45) is 11.8 Å². The van der Waals surface area contributed by atoms with Gasteiger partial charge >= 0.3 is 0 Å². The summed E-state index contributed by atoms with van der Waals surface area (Å²) in [7, 11) is 0. The van der Waals surface area contributed by atoms with Crippen molar-refractivity contribution in [2.75, 3.05) is 19.6 Å². The number of rotatable bonds is 5. The number of amides is 1. The topological polar surface area (TPSA) is 41.6 Å². The maximum Gasteiger partial charge on any atom is 0.254 e. The van der Waals surface area contributed by atoms with E-state index in [1.54, 1.807) is 0 Å². The first-order valence-electron chi connectivity index (χ1n) is 10.6. The maximum atomic E-state index is 13.4. The number of nitrogens with zero attached hydrogens (tertiary/aromatic N) is 1. The number of nitrogens with one attached hydrogen (secondary N) is 1. The molecule has 0 spiro atoms. The molecule has 2 saturated heterocycles. The molecule has 0 aliphatic carbocycles. The molecule has 4 nitrogen and oxygen atoms in total. The van der Waals surface area contributed by atoms with E-state index in [2.05, 4.69) is 34.5 Å². The summed E-state index contributed by atoms with van der Waals surface area (Å²) in [5.74, 6) is 1.97. The van der Waals surface area contributed by atoms with Gasteiger partial charge in [-0.05, 0) is 41.3 Å². The number of para-hydroxylation sites is 1. The number of benzene rings is 3. The van der Waals surface area contributed by atoms with Crippen LogP contribution in [0.4, 0.5) is 0 Å². The van der Waals surface area contributed by atoms with Crippen LogP contribution >= 0.6 is 12.4 Å². The van der Waals surface area contributed by atoms with Gasteiger partial charge in [-0.15, -0.1) is 12.4 Å². The zero-order chi connectivity index (χ0) is 20.3. The Balaban J connectivity index is 0.00000231. The van der Waals surface area contributed by atoms with Crippen molar-refractivity contribution in [3.05, 3.63) is 102 Å². The monoisotopic (exact) mass is 434 g/mol. The third-order valence-corrected chi connectivity index (χ3v) is 6.32. The van der Waals surface area contributed by atoms with Crippen molar-refractivity contribution in [1.82, 2.24) is 10.2 Å². The number of likely N-dealkylation sites (tertiary alicyclic amines) is 1. The maximum absolute atomic E-state index is 13.4. The lowest BCUT2D eigenvalue weighted by Gasteiger charge is -2.28. The molecule has 5 rings (SSSR count). The number of fused-ring (bicyclic) bond motifs is 1. The van der Waals surface area contributed by atoms with E-state index in [0.29, 0.717) is 18.4 Å². The Kier molecular flexibility index (Phi) is 6.59. The fourth-order valence-electron chi connectivity index (χ4n) is 4.80. The van der Waals surface area contributed by atoms with Crippen LogP contribution in [0.15, 0.2) is 84.9 Å². The SMILES string of the molecule is Cl.O=C(c1ccc(COc2ccccc2)cc1)N1C[C@@H]2CNC[C@@H]2[C@H]1c1ccccc1. The molecule has 2 fully saturated rings. The fraction of sp³-hybridized carbons (Fsp3) is 0.269. The lowest BCUT2D eigenvalue weighted by Crippen LogP contribution is -2.34. The molecule has 0 bridgehead atoms. The summed E-state index contributed by atoms with van der Waals surface area (Å²) in [6, 6.07) is 28.2. The van der Waals surface area contributed by atoms with Crippen LogP contribution in [0, 0.1) is 11.8 Å². The minimum absolute atomic E-state index is 0. The highest BCUT2D eigenvalue weighted by Crippen LogP contribution is 2.43.